The number of aromatic nitrogens is 4. The van der Waals surface area contributed by atoms with Gasteiger partial charge in [-0.1, -0.05) is 12.1 Å². The molecule has 7 nitrogen and oxygen atoms in total. The lowest BCUT2D eigenvalue weighted by Gasteiger charge is -2.31. The number of hydrogen-bond donors (Lipinski definition) is 2. The van der Waals surface area contributed by atoms with Crippen molar-refractivity contribution in [2.75, 3.05) is 18.0 Å². The molecule has 0 aliphatic carbocycles. The van der Waals surface area contributed by atoms with Crippen molar-refractivity contribution in [2.45, 2.75) is 18.9 Å². The van der Waals surface area contributed by atoms with E-state index >= 15 is 0 Å². The lowest BCUT2D eigenvalue weighted by atomic mass is 10.1. The molecule has 3 N–H and O–H groups in total. The van der Waals surface area contributed by atoms with Crippen LogP contribution in [0.4, 0.5) is 5.82 Å². The summed E-state index contributed by atoms with van der Waals surface area (Å²) in [5, 5.41) is 15.3. The first-order valence-electron chi connectivity index (χ1n) is 8.39. The summed E-state index contributed by atoms with van der Waals surface area (Å²) in [6.07, 6.45) is 5.77. The van der Waals surface area contributed by atoms with E-state index in [1.807, 2.05) is 42.6 Å². The van der Waals surface area contributed by atoms with Crippen LogP contribution in [0.25, 0.3) is 11.1 Å². The molecule has 1 aromatic carbocycles. The maximum Gasteiger partial charge on any atom is 0.238 e. The first-order valence-corrected chi connectivity index (χ1v) is 8.39. The number of anilines is 1. The van der Waals surface area contributed by atoms with E-state index in [9.17, 15) is 0 Å². The van der Waals surface area contributed by atoms with Gasteiger partial charge in [0.15, 0.2) is 5.82 Å². The van der Waals surface area contributed by atoms with Gasteiger partial charge < -0.3 is 15.4 Å². The fourth-order valence-electron chi connectivity index (χ4n) is 3.02. The van der Waals surface area contributed by atoms with Crippen molar-refractivity contribution in [3.8, 4) is 22.8 Å². The van der Waals surface area contributed by atoms with E-state index in [1.165, 1.54) is 0 Å². The zero-order chi connectivity index (χ0) is 17.1. The Kier molecular flexibility index (Phi) is 4.30. The molecular formula is C18H20N6O. The van der Waals surface area contributed by atoms with Crippen molar-refractivity contribution in [3.05, 3.63) is 48.8 Å². The van der Waals surface area contributed by atoms with Crippen molar-refractivity contribution in [2.24, 2.45) is 5.73 Å². The third-order valence-corrected chi connectivity index (χ3v) is 4.30. The fourth-order valence-corrected chi connectivity index (χ4v) is 3.02. The zero-order valence-corrected chi connectivity index (χ0v) is 13.8. The van der Waals surface area contributed by atoms with Gasteiger partial charge in [0.25, 0.3) is 0 Å². The number of H-pyrrole nitrogens is 1. The lowest BCUT2D eigenvalue weighted by Crippen LogP contribution is -2.43. The minimum Gasteiger partial charge on any atom is -0.438 e. The van der Waals surface area contributed by atoms with E-state index < -0.39 is 0 Å². The highest BCUT2D eigenvalue weighted by Gasteiger charge is 2.18. The normalized spacial score (nSPS) is 17.5. The molecule has 3 aromatic rings. The van der Waals surface area contributed by atoms with E-state index in [4.69, 9.17) is 10.5 Å². The quantitative estimate of drug-likeness (QED) is 0.761. The molecular weight excluding hydrogens is 316 g/mol. The molecule has 0 saturated carbocycles. The van der Waals surface area contributed by atoms with Crippen LogP contribution in [-0.4, -0.2) is 39.5 Å². The first kappa shape index (κ1) is 15.6. The molecule has 0 spiro atoms. The number of hydrogen-bond acceptors (Lipinski definition) is 6. The summed E-state index contributed by atoms with van der Waals surface area (Å²) in [7, 11) is 0. The summed E-state index contributed by atoms with van der Waals surface area (Å²) in [6.45, 7) is 1.79. The van der Waals surface area contributed by atoms with Gasteiger partial charge in [-0.05, 0) is 36.6 Å². The zero-order valence-electron chi connectivity index (χ0n) is 13.8. The Bertz CT molecular complexity index is 818. The summed E-state index contributed by atoms with van der Waals surface area (Å²) in [6, 6.07) is 11.8. The molecule has 1 saturated heterocycles. The highest BCUT2D eigenvalue weighted by atomic mass is 16.5. The molecule has 4 rings (SSSR count). The fraction of sp³-hybridized carbons (Fsp3) is 0.278. The summed E-state index contributed by atoms with van der Waals surface area (Å²) in [4.78, 5) is 2.17. The molecule has 2 aromatic heterocycles. The van der Waals surface area contributed by atoms with Gasteiger partial charge >= 0.3 is 0 Å². The van der Waals surface area contributed by atoms with Crippen LogP contribution in [0.1, 0.15) is 12.8 Å². The topological polar surface area (TPSA) is 92.9 Å². The molecule has 128 valence electrons. The molecule has 0 radical (unpaired) electrons. The minimum absolute atomic E-state index is 0.206. The SMILES string of the molecule is NC1CCCN(c2ccc(Oc3cccc(-c4cn[nH]c4)c3)nn2)C1. The van der Waals surface area contributed by atoms with Crippen LogP contribution in [0, 0.1) is 0 Å². The number of nitrogens with zero attached hydrogens (tertiary/aromatic N) is 4. The Balaban J connectivity index is 1.47. The highest BCUT2D eigenvalue weighted by molar-refractivity contribution is 5.63. The average Bonchev–Trinajstić information content (AvgIpc) is 3.17. The molecule has 1 unspecified atom stereocenters. The third kappa shape index (κ3) is 3.61. The molecule has 3 heterocycles. The van der Waals surface area contributed by atoms with E-state index in [0.717, 1.165) is 42.9 Å². The second-order valence-corrected chi connectivity index (χ2v) is 6.19. The van der Waals surface area contributed by atoms with E-state index in [2.05, 4.69) is 25.3 Å². The van der Waals surface area contributed by atoms with Crippen LogP contribution < -0.4 is 15.4 Å². The minimum atomic E-state index is 0.206. The van der Waals surface area contributed by atoms with Crippen LogP contribution in [0.3, 0.4) is 0 Å². The number of nitrogens with two attached hydrogens (primary N) is 1. The van der Waals surface area contributed by atoms with Crippen molar-refractivity contribution >= 4 is 5.82 Å². The largest absolute Gasteiger partial charge is 0.438 e. The van der Waals surface area contributed by atoms with Gasteiger partial charge in [0.05, 0.1) is 6.20 Å². The summed E-state index contributed by atoms with van der Waals surface area (Å²) >= 11 is 0. The van der Waals surface area contributed by atoms with Crippen LogP contribution in [-0.2, 0) is 0 Å². The maximum absolute atomic E-state index is 6.03. The summed E-state index contributed by atoms with van der Waals surface area (Å²) in [5.41, 5.74) is 8.06. The summed E-state index contributed by atoms with van der Waals surface area (Å²) in [5.74, 6) is 2.02. The number of piperidine rings is 1. The molecule has 25 heavy (non-hydrogen) atoms. The number of rotatable bonds is 4. The van der Waals surface area contributed by atoms with Crippen molar-refractivity contribution in [1.29, 1.82) is 0 Å². The van der Waals surface area contributed by atoms with Gasteiger partial charge in [-0.3, -0.25) is 5.10 Å². The second-order valence-electron chi connectivity index (χ2n) is 6.19. The standard InChI is InChI=1S/C18H20N6O/c19-15-4-2-8-24(12-15)17-6-7-18(23-22-17)25-16-5-1-3-13(9-16)14-10-20-21-11-14/h1,3,5-7,9-11,15H,2,4,8,12,19H2,(H,20,21). The lowest BCUT2D eigenvalue weighted by molar-refractivity contribution is 0.453. The predicted molar refractivity (Wildman–Crippen MR) is 95.6 cm³/mol. The Morgan fingerprint density at radius 1 is 1.16 bits per heavy atom. The van der Waals surface area contributed by atoms with E-state index in [-0.39, 0.29) is 6.04 Å². The van der Waals surface area contributed by atoms with E-state index in [0.29, 0.717) is 11.6 Å². The smallest absolute Gasteiger partial charge is 0.238 e. The summed E-state index contributed by atoms with van der Waals surface area (Å²) < 4.78 is 5.83. The van der Waals surface area contributed by atoms with Crippen molar-refractivity contribution in [3.63, 3.8) is 0 Å². The first-order chi connectivity index (χ1) is 12.3. The van der Waals surface area contributed by atoms with Gasteiger partial charge in [-0.25, -0.2) is 0 Å². The van der Waals surface area contributed by atoms with Gasteiger partial charge in [0.2, 0.25) is 5.88 Å². The van der Waals surface area contributed by atoms with Gasteiger partial charge in [0, 0.05) is 37.0 Å². The average molecular weight is 336 g/mol. The van der Waals surface area contributed by atoms with Crippen LogP contribution in [0.15, 0.2) is 48.8 Å². The molecule has 1 fully saturated rings. The number of benzene rings is 1. The molecule has 0 amide bonds. The van der Waals surface area contributed by atoms with Gasteiger partial charge in [-0.15, -0.1) is 10.2 Å². The molecule has 1 aliphatic rings. The van der Waals surface area contributed by atoms with E-state index in [1.54, 1.807) is 6.20 Å². The molecule has 7 heteroatoms. The molecule has 0 bridgehead atoms. The Morgan fingerprint density at radius 2 is 2.12 bits per heavy atom. The molecule has 1 atom stereocenters. The molecule has 1 aliphatic heterocycles. The Hall–Kier alpha value is -2.93. The van der Waals surface area contributed by atoms with Crippen LogP contribution >= 0.6 is 0 Å². The van der Waals surface area contributed by atoms with Gasteiger partial charge in [-0.2, -0.15) is 5.10 Å². The predicted octanol–water partition coefficient (Wildman–Crippen LogP) is 2.59. The van der Waals surface area contributed by atoms with Crippen molar-refractivity contribution < 1.29 is 4.74 Å². The van der Waals surface area contributed by atoms with Crippen molar-refractivity contribution in [1.82, 2.24) is 20.4 Å². The van der Waals surface area contributed by atoms with Crippen LogP contribution in [0.5, 0.6) is 11.6 Å². The third-order valence-electron chi connectivity index (χ3n) is 4.30. The van der Waals surface area contributed by atoms with Crippen LogP contribution in [0.2, 0.25) is 0 Å². The maximum atomic E-state index is 6.03. The monoisotopic (exact) mass is 336 g/mol. The van der Waals surface area contributed by atoms with Gasteiger partial charge in [0.1, 0.15) is 5.75 Å². The Labute approximate surface area is 145 Å². The Morgan fingerprint density at radius 3 is 2.88 bits per heavy atom. The highest BCUT2D eigenvalue weighted by Crippen LogP contribution is 2.26. The number of nitrogens with one attached hydrogen (secondary N) is 1. The number of aromatic amines is 1. The second kappa shape index (κ2) is 6.90. The number of ether oxygens (including phenoxy) is 1.